The highest BCUT2D eigenvalue weighted by Gasteiger charge is 2.42. The van der Waals surface area contributed by atoms with Gasteiger partial charge in [0.25, 0.3) is 5.91 Å². The van der Waals surface area contributed by atoms with Gasteiger partial charge in [0.1, 0.15) is 5.82 Å². The Morgan fingerprint density at radius 1 is 1.21 bits per heavy atom. The molecule has 1 aromatic heterocycles. The van der Waals surface area contributed by atoms with E-state index in [0.717, 1.165) is 20.4 Å². The third-order valence-electron chi connectivity index (χ3n) is 6.26. The molecule has 1 amide bonds. The van der Waals surface area contributed by atoms with Gasteiger partial charge in [-0.25, -0.2) is 9.37 Å². The lowest BCUT2D eigenvalue weighted by Gasteiger charge is -2.39. The molecule has 1 atom stereocenters. The number of hydrogen-bond donors (Lipinski definition) is 2. The van der Waals surface area contributed by atoms with Crippen molar-refractivity contribution in [3.63, 3.8) is 0 Å². The molecule has 1 aliphatic heterocycles. The fourth-order valence-electron chi connectivity index (χ4n) is 4.84. The summed E-state index contributed by atoms with van der Waals surface area (Å²) in [4.78, 5) is 31.5. The zero-order chi connectivity index (χ0) is 24.2. The van der Waals surface area contributed by atoms with Crippen molar-refractivity contribution in [2.45, 2.75) is 39.5 Å². The van der Waals surface area contributed by atoms with Crippen molar-refractivity contribution in [2.75, 3.05) is 5.32 Å². The molecule has 0 fully saturated rings. The van der Waals surface area contributed by atoms with E-state index in [-0.39, 0.29) is 22.9 Å². The Morgan fingerprint density at radius 3 is 2.68 bits per heavy atom. The maximum absolute atomic E-state index is 13.7. The van der Waals surface area contributed by atoms with Gasteiger partial charge in [0.05, 0.1) is 10.2 Å². The number of benzene rings is 2. The van der Waals surface area contributed by atoms with Gasteiger partial charge in [-0.2, -0.15) is 0 Å². The van der Waals surface area contributed by atoms with E-state index in [9.17, 15) is 14.0 Å². The number of rotatable bonds is 3. The van der Waals surface area contributed by atoms with E-state index in [0.29, 0.717) is 40.4 Å². The Morgan fingerprint density at radius 2 is 1.94 bits per heavy atom. The van der Waals surface area contributed by atoms with Gasteiger partial charge in [0, 0.05) is 39.4 Å². The van der Waals surface area contributed by atoms with E-state index in [2.05, 4.69) is 45.4 Å². The highest BCUT2D eigenvalue weighted by Crippen LogP contribution is 2.46. The van der Waals surface area contributed by atoms with Crippen LogP contribution in [0, 0.1) is 11.2 Å². The Bertz CT molecular complexity index is 1410. The number of nitrogens with one attached hydrogen (secondary N) is 2. The number of anilines is 1. The second-order valence-corrected chi connectivity index (χ2v) is 11.5. The number of ketones is 1. The highest BCUT2D eigenvalue weighted by molar-refractivity contribution is 9.10. The van der Waals surface area contributed by atoms with Crippen LogP contribution in [0.25, 0.3) is 10.2 Å². The summed E-state index contributed by atoms with van der Waals surface area (Å²) in [5.41, 5.74) is 3.89. The molecule has 8 heteroatoms. The smallest absolute Gasteiger partial charge is 0.256 e. The topological polar surface area (TPSA) is 71.1 Å². The van der Waals surface area contributed by atoms with Gasteiger partial charge in [-0.15, -0.1) is 0 Å². The summed E-state index contributed by atoms with van der Waals surface area (Å²) in [6.45, 7) is 5.97. The van der Waals surface area contributed by atoms with Crippen molar-refractivity contribution in [1.82, 2.24) is 10.3 Å². The molecule has 2 aromatic carbocycles. The van der Waals surface area contributed by atoms with Gasteiger partial charge in [-0.1, -0.05) is 53.2 Å². The number of dihydropyridines is 1. The number of amides is 1. The van der Waals surface area contributed by atoms with Crippen LogP contribution in [0.1, 0.15) is 45.1 Å². The molecule has 1 aliphatic carbocycles. The van der Waals surface area contributed by atoms with E-state index in [1.54, 1.807) is 12.1 Å². The van der Waals surface area contributed by atoms with Gasteiger partial charge >= 0.3 is 0 Å². The number of carbonyl (C=O) groups is 2. The number of aromatic nitrogens is 1. The molecule has 0 bridgehead atoms. The largest absolute Gasteiger partial charge is 0.362 e. The lowest BCUT2D eigenvalue weighted by atomic mass is 9.68. The lowest BCUT2D eigenvalue weighted by molar-refractivity contribution is -0.118. The highest BCUT2D eigenvalue weighted by atomic mass is 79.9. The van der Waals surface area contributed by atoms with Gasteiger partial charge in [-0.3, -0.25) is 14.9 Å². The first-order chi connectivity index (χ1) is 16.1. The molecule has 5 rings (SSSR count). The second kappa shape index (κ2) is 8.43. The SMILES string of the molecule is CC1=C(C(=O)Nc2nc3ccc(Br)cc3s2)C(c2ccc(F)cc2)C2=C(CC(C)(C)CC2=O)N1. The van der Waals surface area contributed by atoms with E-state index in [1.165, 1.54) is 23.5 Å². The molecule has 2 heterocycles. The normalized spacial score (nSPS) is 19.8. The minimum absolute atomic E-state index is 0.00992. The number of nitrogens with zero attached hydrogens (tertiary/aromatic N) is 1. The Balaban J connectivity index is 1.57. The Kier molecular flexibility index (Phi) is 5.68. The number of halogens is 2. The van der Waals surface area contributed by atoms with Crippen LogP contribution in [0.5, 0.6) is 0 Å². The van der Waals surface area contributed by atoms with Crippen molar-refractivity contribution in [2.24, 2.45) is 5.41 Å². The third-order valence-corrected chi connectivity index (χ3v) is 7.69. The van der Waals surface area contributed by atoms with Crippen molar-refractivity contribution >= 4 is 54.3 Å². The molecule has 3 aromatic rings. The second-order valence-electron chi connectivity index (χ2n) is 9.57. The predicted molar refractivity (Wildman–Crippen MR) is 136 cm³/mol. The summed E-state index contributed by atoms with van der Waals surface area (Å²) < 4.78 is 15.6. The quantitative estimate of drug-likeness (QED) is 0.401. The number of hydrogen-bond acceptors (Lipinski definition) is 5. The molecule has 2 N–H and O–H groups in total. The molecule has 0 saturated heterocycles. The first-order valence-electron chi connectivity index (χ1n) is 11.0. The number of allylic oxidation sites excluding steroid dienone is 3. The molecule has 0 spiro atoms. The summed E-state index contributed by atoms with van der Waals surface area (Å²) >= 11 is 4.84. The standard InChI is InChI=1S/C26H23BrFN3O2S/c1-13-21(24(33)31-25-30-17-9-6-15(27)10-20(17)34-25)22(14-4-7-16(28)8-5-14)23-18(29-13)11-26(2,3)12-19(23)32/h4-10,22,29H,11-12H2,1-3H3,(H,30,31,33). The van der Waals surface area contributed by atoms with Crippen LogP contribution >= 0.6 is 27.3 Å². The zero-order valence-electron chi connectivity index (χ0n) is 19.0. The van der Waals surface area contributed by atoms with Gasteiger partial charge in [0.15, 0.2) is 10.9 Å². The fourth-order valence-corrected chi connectivity index (χ4v) is 6.25. The molecular formula is C26H23BrFN3O2S. The van der Waals surface area contributed by atoms with Crippen molar-refractivity contribution in [3.05, 3.63) is 80.9 Å². The summed E-state index contributed by atoms with van der Waals surface area (Å²) in [6, 6.07) is 11.8. The summed E-state index contributed by atoms with van der Waals surface area (Å²) in [5.74, 6) is -1.27. The van der Waals surface area contributed by atoms with Gasteiger partial charge < -0.3 is 5.32 Å². The molecule has 1 unspecified atom stereocenters. The summed E-state index contributed by atoms with van der Waals surface area (Å²) in [6.07, 6.45) is 1.09. The average molecular weight is 540 g/mol. The predicted octanol–water partition coefficient (Wildman–Crippen LogP) is 6.44. The van der Waals surface area contributed by atoms with Crippen molar-refractivity contribution in [3.8, 4) is 0 Å². The molecule has 0 radical (unpaired) electrons. The van der Waals surface area contributed by atoms with Crippen LogP contribution in [0.15, 0.2) is 69.5 Å². The molecule has 174 valence electrons. The van der Waals surface area contributed by atoms with E-state index in [1.807, 2.05) is 25.1 Å². The monoisotopic (exact) mass is 539 g/mol. The Hall–Kier alpha value is -2.84. The van der Waals surface area contributed by atoms with Gasteiger partial charge in [0.2, 0.25) is 0 Å². The number of fused-ring (bicyclic) bond motifs is 1. The van der Waals surface area contributed by atoms with Crippen LogP contribution in [-0.2, 0) is 9.59 Å². The summed E-state index contributed by atoms with van der Waals surface area (Å²) in [5, 5.41) is 6.76. The molecule has 34 heavy (non-hydrogen) atoms. The number of carbonyl (C=O) groups excluding carboxylic acids is 2. The van der Waals surface area contributed by atoms with E-state index < -0.39 is 5.92 Å². The number of Topliss-reactive ketones (excluding diaryl/α,β-unsaturated/α-hetero) is 1. The van der Waals surface area contributed by atoms with Crippen molar-refractivity contribution in [1.29, 1.82) is 0 Å². The molecule has 0 saturated carbocycles. The third kappa shape index (κ3) is 4.20. The van der Waals surface area contributed by atoms with Crippen LogP contribution in [0.4, 0.5) is 9.52 Å². The first-order valence-corrected chi connectivity index (χ1v) is 12.6. The number of thiazole rings is 1. The lowest BCUT2D eigenvalue weighted by Crippen LogP contribution is -2.39. The summed E-state index contributed by atoms with van der Waals surface area (Å²) in [7, 11) is 0. The van der Waals surface area contributed by atoms with Crippen LogP contribution in [0.2, 0.25) is 0 Å². The van der Waals surface area contributed by atoms with Crippen LogP contribution < -0.4 is 10.6 Å². The van der Waals surface area contributed by atoms with Gasteiger partial charge in [-0.05, 0) is 54.7 Å². The van der Waals surface area contributed by atoms with E-state index in [4.69, 9.17) is 0 Å². The first kappa shape index (κ1) is 22.9. The van der Waals surface area contributed by atoms with Crippen LogP contribution in [-0.4, -0.2) is 16.7 Å². The minimum atomic E-state index is -0.580. The Labute approximate surface area is 209 Å². The van der Waals surface area contributed by atoms with Crippen molar-refractivity contribution < 1.29 is 14.0 Å². The zero-order valence-corrected chi connectivity index (χ0v) is 21.4. The van der Waals surface area contributed by atoms with E-state index >= 15 is 0 Å². The maximum Gasteiger partial charge on any atom is 0.256 e. The fraction of sp³-hybridized carbons (Fsp3) is 0.269. The minimum Gasteiger partial charge on any atom is -0.362 e. The van der Waals surface area contributed by atoms with Crippen LogP contribution in [0.3, 0.4) is 0 Å². The molecular weight excluding hydrogens is 517 g/mol. The molecule has 5 nitrogen and oxygen atoms in total. The molecule has 2 aliphatic rings. The average Bonchev–Trinajstić information content (AvgIpc) is 3.13. The maximum atomic E-state index is 13.7.